The van der Waals surface area contributed by atoms with E-state index in [1.165, 1.54) is 27.2 Å². The van der Waals surface area contributed by atoms with Crippen LogP contribution >= 0.6 is 26.3 Å². The average molecular weight is 660 g/mol. The number of benzene rings is 5. The molecule has 0 aromatic heterocycles. The van der Waals surface area contributed by atoms with Crippen molar-refractivity contribution in [3.05, 3.63) is 145 Å². The number of rotatable bonds is 11. The molecule has 1 N–H and O–H groups in total. The Morgan fingerprint density at radius 1 is 0.650 bits per heavy atom. The van der Waals surface area contributed by atoms with E-state index in [-0.39, 0.29) is 5.75 Å². The van der Waals surface area contributed by atoms with Crippen molar-refractivity contribution in [2.75, 3.05) is 24.6 Å². The zero-order chi connectivity index (χ0) is 27.9. The zero-order valence-corrected chi connectivity index (χ0v) is 25.8. The van der Waals surface area contributed by atoms with E-state index in [1.54, 1.807) is 24.3 Å². The third kappa shape index (κ3) is 5.75. The monoisotopic (exact) mass is 659 g/mol. The number of hydrogen-bond donors (Lipinski definition) is 1. The molecule has 0 saturated carbocycles. The predicted molar refractivity (Wildman–Crippen MR) is 181 cm³/mol. The van der Waals surface area contributed by atoms with E-state index in [4.69, 9.17) is 4.74 Å². The molecule has 3 nitrogen and oxygen atoms in total. The summed E-state index contributed by atoms with van der Waals surface area (Å²) in [6.07, 6.45) is 0.931. The van der Waals surface area contributed by atoms with Crippen molar-refractivity contribution in [2.45, 2.75) is 13.1 Å². The van der Waals surface area contributed by atoms with Crippen molar-refractivity contribution in [1.29, 1.82) is 0 Å². The van der Waals surface area contributed by atoms with Gasteiger partial charge in [-0.15, -0.1) is 0 Å². The Hall–Kier alpha value is -3.34. The number of phenolic OH excluding ortho intramolecular Hbond substituents is 1. The van der Waals surface area contributed by atoms with Crippen molar-refractivity contribution >= 4 is 47.9 Å². The standard InChI is InChI=1S/C35H35INO2P/c1-2-37(26-27-39-32-24-22-31(38)23-25-32)30-20-18-29(19-21-30)28-40(36,33-12-6-3-7-13-33,34-14-8-4-9-15-34)35-16-10-5-11-17-35/h3-25,38H,2,26-28H2,1H3. The van der Waals surface area contributed by atoms with Crippen LogP contribution < -0.4 is 25.6 Å². The molecule has 0 saturated heterocycles. The van der Waals surface area contributed by atoms with Gasteiger partial charge in [0.2, 0.25) is 0 Å². The van der Waals surface area contributed by atoms with E-state index in [0.717, 1.165) is 25.0 Å². The second-order valence-corrected chi connectivity index (χ2v) is 20.6. The van der Waals surface area contributed by atoms with Gasteiger partial charge >= 0.3 is 241 Å². The van der Waals surface area contributed by atoms with Crippen LogP contribution in [0.2, 0.25) is 0 Å². The summed E-state index contributed by atoms with van der Waals surface area (Å²) < 4.78 is 3.03. The van der Waals surface area contributed by atoms with Gasteiger partial charge in [-0.05, 0) is 0 Å². The molecule has 204 valence electrons. The van der Waals surface area contributed by atoms with Gasteiger partial charge in [0, 0.05) is 0 Å². The summed E-state index contributed by atoms with van der Waals surface area (Å²) in [7, 11) is 0. The Balaban J connectivity index is 1.46. The summed E-state index contributed by atoms with van der Waals surface area (Å²) in [4.78, 5) is 2.33. The maximum absolute atomic E-state index is 9.50. The predicted octanol–water partition coefficient (Wildman–Crippen LogP) is 7.68. The van der Waals surface area contributed by atoms with E-state index in [9.17, 15) is 5.11 Å². The molecule has 0 unspecified atom stereocenters. The fourth-order valence-corrected chi connectivity index (χ4v) is 14.2. The SMILES string of the molecule is CCN(CCOc1ccc(O)cc1)c1ccc(CP(I)(c2ccccc2)(c2ccccc2)c2ccccc2)cc1. The molecule has 0 aliphatic carbocycles. The number of anilines is 1. The minimum absolute atomic E-state index is 0.245. The average Bonchev–Trinajstić information content (AvgIpc) is 3.02. The number of aromatic hydroxyl groups is 1. The fourth-order valence-electron chi connectivity index (χ4n) is 5.38. The molecule has 0 heterocycles. The Labute approximate surface area is 250 Å². The van der Waals surface area contributed by atoms with Gasteiger partial charge in [0.15, 0.2) is 0 Å². The molecule has 40 heavy (non-hydrogen) atoms. The van der Waals surface area contributed by atoms with E-state index in [2.05, 4.69) is 149 Å². The third-order valence-corrected chi connectivity index (χ3v) is 18.6. The molecule has 0 aliphatic heterocycles. The molecule has 0 spiro atoms. The molecular formula is C35H35INO2P. The second kappa shape index (κ2) is 12.4. The van der Waals surface area contributed by atoms with Crippen LogP contribution in [0.25, 0.3) is 0 Å². The molecule has 0 amide bonds. The molecule has 5 aromatic rings. The number of phenols is 1. The first-order valence-electron chi connectivity index (χ1n) is 13.7. The molecule has 0 aliphatic rings. The van der Waals surface area contributed by atoms with Gasteiger partial charge in [-0.3, -0.25) is 0 Å². The number of likely N-dealkylation sites (N-methyl/N-ethyl adjacent to an activating group) is 1. The normalized spacial score (nSPS) is 12.3. The van der Waals surface area contributed by atoms with Crippen LogP contribution in [0.1, 0.15) is 12.5 Å². The van der Waals surface area contributed by atoms with Crippen molar-refractivity contribution in [1.82, 2.24) is 0 Å². The zero-order valence-electron chi connectivity index (χ0n) is 22.7. The quantitative estimate of drug-likeness (QED) is 0.117. The van der Waals surface area contributed by atoms with Crippen LogP contribution in [-0.4, -0.2) is 24.8 Å². The van der Waals surface area contributed by atoms with Crippen LogP contribution in [0, 0.1) is 0 Å². The van der Waals surface area contributed by atoms with Gasteiger partial charge in [0.25, 0.3) is 0 Å². The Morgan fingerprint density at radius 2 is 1.12 bits per heavy atom. The molecule has 5 heteroatoms. The number of nitrogens with zero attached hydrogens (tertiary/aromatic N) is 1. The van der Waals surface area contributed by atoms with Gasteiger partial charge in [-0.1, -0.05) is 0 Å². The number of ether oxygens (including phenoxy) is 1. The van der Waals surface area contributed by atoms with Gasteiger partial charge < -0.3 is 5.11 Å². The van der Waals surface area contributed by atoms with Crippen LogP contribution in [0.15, 0.2) is 140 Å². The van der Waals surface area contributed by atoms with Gasteiger partial charge in [-0.2, -0.15) is 0 Å². The summed E-state index contributed by atoms with van der Waals surface area (Å²) in [5.74, 6) is 1.01. The van der Waals surface area contributed by atoms with Crippen molar-refractivity contribution in [3.8, 4) is 11.5 Å². The minimum atomic E-state index is -2.88. The Morgan fingerprint density at radius 3 is 1.57 bits per heavy atom. The van der Waals surface area contributed by atoms with Crippen LogP contribution in [0.4, 0.5) is 5.69 Å². The van der Waals surface area contributed by atoms with E-state index in [1.807, 2.05) is 0 Å². The molecular weight excluding hydrogens is 624 g/mol. The first kappa shape index (κ1) is 28.2. The first-order valence-corrected chi connectivity index (χ1v) is 18.9. The van der Waals surface area contributed by atoms with Crippen LogP contribution in [0.5, 0.6) is 11.5 Å². The molecule has 5 aromatic carbocycles. The summed E-state index contributed by atoms with van der Waals surface area (Å²) in [5.41, 5.74) is 2.51. The number of hydrogen-bond acceptors (Lipinski definition) is 3. The maximum atomic E-state index is 9.50. The summed E-state index contributed by atoms with van der Waals surface area (Å²) in [6, 6.07) is 49.2. The van der Waals surface area contributed by atoms with E-state index >= 15 is 0 Å². The van der Waals surface area contributed by atoms with Crippen molar-refractivity contribution in [3.63, 3.8) is 0 Å². The van der Waals surface area contributed by atoms with E-state index < -0.39 is 4.25 Å². The van der Waals surface area contributed by atoms with Gasteiger partial charge in [-0.25, -0.2) is 0 Å². The van der Waals surface area contributed by atoms with Crippen molar-refractivity contribution in [2.24, 2.45) is 0 Å². The molecule has 0 atom stereocenters. The van der Waals surface area contributed by atoms with Crippen LogP contribution in [0.3, 0.4) is 0 Å². The molecule has 5 rings (SSSR count). The Bertz CT molecular complexity index is 1400. The summed E-state index contributed by atoms with van der Waals surface area (Å²) in [5, 5.41) is 13.7. The topological polar surface area (TPSA) is 32.7 Å². The summed E-state index contributed by atoms with van der Waals surface area (Å²) in [6.45, 7) is 4.41. The first-order chi connectivity index (χ1) is 19.5. The summed E-state index contributed by atoms with van der Waals surface area (Å²) >= 11 is 2.85. The Kier molecular flexibility index (Phi) is 8.78. The number of halogens is 1. The van der Waals surface area contributed by atoms with Crippen molar-refractivity contribution < 1.29 is 9.84 Å². The molecule has 0 bridgehead atoms. The van der Waals surface area contributed by atoms with Gasteiger partial charge in [0.05, 0.1) is 0 Å². The fraction of sp³-hybridized carbons (Fsp3) is 0.143. The third-order valence-electron chi connectivity index (χ3n) is 7.51. The molecule has 0 fully saturated rings. The van der Waals surface area contributed by atoms with Gasteiger partial charge in [0.1, 0.15) is 5.75 Å². The van der Waals surface area contributed by atoms with Crippen LogP contribution in [-0.2, 0) is 6.16 Å². The van der Waals surface area contributed by atoms with E-state index in [0.29, 0.717) is 6.61 Å². The molecule has 0 radical (unpaired) electrons. The second-order valence-electron chi connectivity index (χ2n) is 9.94.